The van der Waals surface area contributed by atoms with Crippen molar-refractivity contribution in [1.29, 1.82) is 0 Å². The lowest BCUT2D eigenvalue weighted by atomic mass is 10.5. The molecule has 0 radical (unpaired) electrons. The van der Waals surface area contributed by atoms with E-state index >= 15 is 0 Å². The predicted molar refractivity (Wildman–Crippen MR) is 57.6 cm³/mol. The van der Waals surface area contributed by atoms with Crippen molar-refractivity contribution in [2.24, 2.45) is 0 Å². The van der Waals surface area contributed by atoms with E-state index in [1.165, 1.54) is 0 Å². The van der Waals surface area contributed by atoms with Gasteiger partial charge in [0.15, 0.2) is 0 Å². The van der Waals surface area contributed by atoms with Crippen molar-refractivity contribution < 1.29 is 0 Å². The summed E-state index contributed by atoms with van der Waals surface area (Å²) in [7, 11) is 0. The van der Waals surface area contributed by atoms with Crippen molar-refractivity contribution in [3.8, 4) is 0 Å². The third-order valence-electron chi connectivity index (χ3n) is 1.94. The Hall–Kier alpha value is -1.39. The zero-order chi connectivity index (χ0) is 10.4. The van der Waals surface area contributed by atoms with Gasteiger partial charge in [0.2, 0.25) is 11.9 Å². The summed E-state index contributed by atoms with van der Waals surface area (Å²) >= 11 is 0. The molecule has 78 valence electrons. The van der Waals surface area contributed by atoms with Gasteiger partial charge in [0.1, 0.15) is 6.33 Å². The van der Waals surface area contributed by atoms with E-state index in [2.05, 4.69) is 39.0 Å². The number of hydrogen-bond acceptors (Lipinski definition) is 5. The van der Waals surface area contributed by atoms with Crippen LogP contribution < -0.4 is 10.2 Å². The van der Waals surface area contributed by atoms with Crippen molar-refractivity contribution in [3.63, 3.8) is 0 Å². The maximum Gasteiger partial charge on any atom is 0.230 e. The van der Waals surface area contributed by atoms with Gasteiger partial charge in [-0.25, -0.2) is 9.97 Å². The number of rotatable bonds is 5. The molecule has 0 unspecified atom stereocenters. The lowest BCUT2D eigenvalue weighted by Gasteiger charge is -2.18. The highest BCUT2D eigenvalue weighted by molar-refractivity contribution is 5.34. The zero-order valence-corrected chi connectivity index (χ0v) is 8.99. The van der Waals surface area contributed by atoms with Gasteiger partial charge in [-0.3, -0.25) is 0 Å². The standard InChI is InChI=1S/C9H17N5/c1-4-10-8-11-7-12-9(13-8)14(5-2)6-3/h7H,4-6H2,1-3H3,(H,10,11,12,13). The van der Waals surface area contributed by atoms with Crippen molar-refractivity contribution in [2.75, 3.05) is 29.9 Å². The Morgan fingerprint density at radius 1 is 1.21 bits per heavy atom. The first-order valence-corrected chi connectivity index (χ1v) is 4.99. The molecule has 0 bridgehead atoms. The lowest BCUT2D eigenvalue weighted by molar-refractivity contribution is 0.811. The summed E-state index contributed by atoms with van der Waals surface area (Å²) in [6, 6.07) is 0. The molecule has 1 aromatic heterocycles. The summed E-state index contributed by atoms with van der Waals surface area (Å²) in [5.74, 6) is 1.38. The lowest BCUT2D eigenvalue weighted by Crippen LogP contribution is -2.24. The fourth-order valence-corrected chi connectivity index (χ4v) is 1.19. The molecule has 0 saturated carbocycles. The van der Waals surface area contributed by atoms with Crippen molar-refractivity contribution in [1.82, 2.24) is 15.0 Å². The molecule has 14 heavy (non-hydrogen) atoms. The zero-order valence-electron chi connectivity index (χ0n) is 8.99. The Kier molecular flexibility index (Phi) is 4.10. The molecule has 0 atom stereocenters. The number of anilines is 2. The monoisotopic (exact) mass is 195 g/mol. The van der Waals surface area contributed by atoms with Crippen LogP contribution in [0.4, 0.5) is 11.9 Å². The fraction of sp³-hybridized carbons (Fsp3) is 0.667. The van der Waals surface area contributed by atoms with Crippen LogP contribution in [-0.2, 0) is 0 Å². The third kappa shape index (κ3) is 2.55. The van der Waals surface area contributed by atoms with E-state index in [0.29, 0.717) is 5.95 Å². The van der Waals surface area contributed by atoms with Crippen LogP contribution in [0.3, 0.4) is 0 Å². The SMILES string of the molecule is CCNc1ncnc(N(CC)CC)n1. The second-order valence-electron chi connectivity index (χ2n) is 2.81. The molecule has 0 amide bonds. The minimum atomic E-state index is 0.643. The number of nitrogens with zero attached hydrogens (tertiary/aromatic N) is 4. The largest absolute Gasteiger partial charge is 0.354 e. The highest BCUT2D eigenvalue weighted by Gasteiger charge is 2.05. The maximum atomic E-state index is 4.30. The van der Waals surface area contributed by atoms with Gasteiger partial charge in [-0.15, -0.1) is 0 Å². The maximum absolute atomic E-state index is 4.30. The Morgan fingerprint density at radius 2 is 1.93 bits per heavy atom. The number of hydrogen-bond donors (Lipinski definition) is 1. The molecule has 0 saturated heterocycles. The van der Waals surface area contributed by atoms with Gasteiger partial charge in [-0.1, -0.05) is 0 Å². The summed E-state index contributed by atoms with van der Waals surface area (Å²) in [5, 5.41) is 3.06. The summed E-state index contributed by atoms with van der Waals surface area (Å²) in [6.45, 7) is 8.82. The van der Waals surface area contributed by atoms with Gasteiger partial charge < -0.3 is 10.2 Å². The van der Waals surface area contributed by atoms with E-state index in [4.69, 9.17) is 0 Å². The topological polar surface area (TPSA) is 53.9 Å². The Labute approximate surface area is 84.6 Å². The minimum absolute atomic E-state index is 0.643. The highest BCUT2D eigenvalue weighted by atomic mass is 15.3. The second-order valence-corrected chi connectivity index (χ2v) is 2.81. The van der Waals surface area contributed by atoms with Gasteiger partial charge in [-0.05, 0) is 20.8 Å². The summed E-state index contributed by atoms with van der Waals surface area (Å²) in [6.07, 6.45) is 1.54. The molecule has 1 rings (SSSR count). The molecule has 5 heteroatoms. The smallest absolute Gasteiger partial charge is 0.230 e. The molecule has 0 aliphatic carbocycles. The highest BCUT2D eigenvalue weighted by Crippen LogP contribution is 2.07. The molecule has 0 fully saturated rings. The van der Waals surface area contributed by atoms with Gasteiger partial charge in [-0.2, -0.15) is 4.98 Å². The predicted octanol–water partition coefficient (Wildman–Crippen LogP) is 1.15. The summed E-state index contributed by atoms with van der Waals surface area (Å²) < 4.78 is 0. The van der Waals surface area contributed by atoms with Gasteiger partial charge in [0.25, 0.3) is 0 Å². The first-order chi connectivity index (χ1) is 6.81. The van der Waals surface area contributed by atoms with E-state index in [9.17, 15) is 0 Å². The molecular weight excluding hydrogens is 178 g/mol. The Morgan fingerprint density at radius 3 is 2.50 bits per heavy atom. The van der Waals surface area contributed by atoms with Crippen LogP contribution in [0.5, 0.6) is 0 Å². The molecule has 5 nitrogen and oxygen atoms in total. The molecule has 1 heterocycles. The first kappa shape index (κ1) is 10.7. The summed E-state index contributed by atoms with van der Waals surface area (Å²) in [4.78, 5) is 14.5. The molecule has 0 aliphatic heterocycles. The first-order valence-electron chi connectivity index (χ1n) is 4.99. The number of aromatic nitrogens is 3. The van der Waals surface area contributed by atoms with Crippen molar-refractivity contribution >= 4 is 11.9 Å². The average molecular weight is 195 g/mol. The Bertz CT molecular complexity index is 272. The van der Waals surface area contributed by atoms with Gasteiger partial charge in [0, 0.05) is 19.6 Å². The molecular formula is C9H17N5. The van der Waals surface area contributed by atoms with Crippen LogP contribution in [-0.4, -0.2) is 34.6 Å². The minimum Gasteiger partial charge on any atom is -0.354 e. The van der Waals surface area contributed by atoms with E-state index in [-0.39, 0.29) is 0 Å². The van der Waals surface area contributed by atoms with E-state index in [1.807, 2.05) is 6.92 Å². The normalized spacial score (nSPS) is 9.93. The van der Waals surface area contributed by atoms with Crippen LogP contribution in [0, 0.1) is 0 Å². The molecule has 0 aliphatic rings. The van der Waals surface area contributed by atoms with E-state index < -0.39 is 0 Å². The van der Waals surface area contributed by atoms with E-state index in [1.54, 1.807) is 6.33 Å². The van der Waals surface area contributed by atoms with Crippen molar-refractivity contribution in [2.45, 2.75) is 20.8 Å². The molecule has 0 aromatic carbocycles. The number of nitrogens with one attached hydrogen (secondary N) is 1. The van der Waals surface area contributed by atoms with Crippen LogP contribution in [0.1, 0.15) is 20.8 Å². The molecule has 1 N–H and O–H groups in total. The van der Waals surface area contributed by atoms with Crippen LogP contribution >= 0.6 is 0 Å². The van der Waals surface area contributed by atoms with Crippen LogP contribution in [0.25, 0.3) is 0 Å². The van der Waals surface area contributed by atoms with Gasteiger partial charge >= 0.3 is 0 Å². The second kappa shape index (κ2) is 5.36. The van der Waals surface area contributed by atoms with Crippen LogP contribution in [0.2, 0.25) is 0 Å². The summed E-state index contributed by atoms with van der Waals surface area (Å²) in [5.41, 5.74) is 0. The third-order valence-corrected chi connectivity index (χ3v) is 1.94. The Balaban J connectivity index is 2.81. The molecule has 0 spiro atoms. The van der Waals surface area contributed by atoms with E-state index in [0.717, 1.165) is 25.6 Å². The average Bonchev–Trinajstić information content (AvgIpc) is 2.21. The quantitative estimate of drug-likeness (QED) is 0.763. The molecule has 1 aromatic rings. The van der Waals surface area contributed by atoms with Crippen LogP contribution in [0.15, 0.2) is 6.33 Å². The van der Waals surface area contributed by atoms with Gasteiger partial charge in [0.05, 0.1) is 0 Å². The fourth-order valence-electron chi connectivity index (χ4n) is 1.19. The van der Waals surface area contributed by atoms with Crippen molar-refractivity contribution in [3.05, 3.63) is 6.33 Å².